The molecule has 28 heavy (non-hydrogen) atoms. The molecule has 0 aliphatic heterocycles. The van der Waals surface area contributed by atoms with Crippen LogP contribution in [0.4, 0.5) is 20.3 Å². The van der Waals surface area contributed by atoms with Gasteiger partial charge in [0.05, 0.1) is 6.54 Å². The summed E-state index contributed by atoms with van der Waals surface area (Å²) in [5, 5.41) is 1.17. The van der Waals surface area contributed by atoms with Gasteiger partial charge in [0.25, 0.3) is 0 Å². The second-order valence-corrected chi connectivity index (χ2v) is 6.87. The molecule has 0 atom stereocenters. The number of benzene rings is 2. The molecule has 4 rings (SSSR count). The van der Waals surface area contributed by atoms with Crippen molar-refractivity contribution in [2.75, 3.05) is 4.90 Å². The van der Waals surface area contributed by atoms with E-state index in [0.717, 1.165) is 28.7 Å². The Labute approximate surface area is 166 Å². The van der Waals surface area contributed by atoms with Crippen LogP contribution in [-0.4, -0.2) is 9.97 Å². The van der Waals surface area contributed by atoms with E-state index in [1.165, 1.54) is 0 Å². The summed E-state index contributed by atoms with van der Waals surface area (Å²) in [7, 11) is 0. The minimum Gasteiger partial charge on any atom is -0.322 e. The third kappa shape index (κ3) is 3.41. The minimum absolute atomic E-state index is 0.0210. The summed E-state index contributed by atoms with van der Waals surface area (Å²) in [5.74, 6) is -1.13. The van der Waals surface area contributed by atoms with Gasteiger partial charge in [-0.25, -0.2) is 13.8 Å². The van der Waals surface area contributed by atoms with Crippen molar-refractivity contribution in [2.45, 2.75) is 13.5 Å². The molecule has 0 aliphatic carbocycles. The quantitative estimate of drug-likeness (QED) is 0.411. The first-order valence-corrected chi connectivity index (χ1v) is 9.08. The molecule has 3 nitrogen and oxygen atoms in total. The smallest absolute Gasteiger partial charge is 0.184 e. The molecule has 0 saturated carbocycles. The second kappa shape index (κ2) is 7.52. The molecular weight excluding hydrogens is 380 g/mol. The van der Waals surface area contributed by atoms with E-state index < -0.39 is 11.6 Å². The molecule has 0 N–H and O–H groups in total. The van der Waals surface area contributed by atoms with Crippen LogP contribution in [0.1, 0.15) is 11.1 Å². The molecule has 0 radical (unpaired) electrons. The van der Waals surface area contributed by atoms with Gasteiger partial charge in [-0.1, -0.05) is 23.7 Å². The molecular formula is C22H16ClF2N3. The van der Waals surface area contributed by atoms with Crippen LogP contribution in [0.25, 0.3) is 10.9 Å². The fourth-order valence-corrected chi connectivity index (χ4v) is 3.38. The fourth-order valence-electron chi connectivity index (χ4n) is 3.19. The predicted molar refractivity (Wildman–Crippen MR) is 108 cm³/mol. The van der Waals surface area contributed by atoms with Crippen LogP contribution in [0.2, 0.25) is 5.02 Å². The minimum atomic E-state index is -0.939. The molecule has 140 valence electrons. The molecule has 0 fully saturated rings. The van der Waals surface area contributed by atoms with Gasteiger partial charge >= 0.3 is 0 Å². The summed E-state index contributed by atoms with van der Waals surface area (Å²) >= 11 is 6.20. The molecule has 4 aromatic rings. The Balaban J connectivity index is 1.88. The van der Waals surface area contributed by atoms with Crippen LogP contribution in [0.15, 0.2) is 67.0 Å². The Kier molecular flexibility index (Phi) is 4.92. The third-order valence-electron chi connectivity index (χ3n) is 4.62. The van der Waals surface area contributed by atoms with Gasteiger partial charge in [-0.3, -0.25) is 4.98 Å². The van der Waals surface area contributed by atoms with Crippen molar-refractivity contribution in [1.82, 2.24) is 9.97 Å². The zero-order chi connectivity index (χ0) is 19.7. The molecule has 2 heterocycles. The van der Waals surface area contributed by atoms with E-state index in [4.69, 9.17) is 11.6 Å². The zero-order valence-electron chi connectivity index (χ0n) is 15.0. The number of hydrogen-bond acceptors (Lipinski definition) is 3. The summed E-state index contributed by atoms with van der Waals surface area (Å²) in [4.78, 5) is 10.5. The molecule has 0 unspecified atom stereocenters. The van der Waals surface area contributed by atoms with Crippen LogP contribution in [0.5, 0.6) is 0 Å². The number of nitrogens with zero attached hydrogens (tertiary/aromatic N) is 3. The Morgan fingerprint density at radius 1 is 1.00 bits per heavy atom. The average Bonchev–Trinajstić information content (AvgIpc) is 2.70. The lowest BCUT2D eigenvalue weighted by Gasteiger charge is -2.25. The van der Waals surface area contributed by atoms with E-state index in [-0.39, 0.29) is 5.52 Å². The highest BCUT2D eigenvalue weighted by Gasteiger charge is 2.18. The third-order valence-corrected chi connectivity index (χ3v) is 4.85. The summed E-state index contributed by atoms with van der Waals surface area (Å²) < 4.78 is 27.9. The van der Waals surface area contributed by atoms with Crippen LogP contribution in [0.3, 0.4) is 0 Å². The van der Waals surface area contributed by atoms with Gasteiger partial charge in [-0.15, -0.1) is 0 Å². The van der Waals surface area contributed by atoms with Crippen molar-refractivity contribution < 1.29 is 8.78 Å². The van der Waals surface area contributed by atoms with Gasteiger partial charge < -0.3 is 4.90 Å². The van der Waals surface area contributed by atoms with Crippen molar-refractivity contribution in [2.24, 2.45) is 0 Å². The van der Waals surface area contributed by atoms with Crippen molar-refractivity contribution in [3.05, 3.63) is 94.8 Å². The number of aryl methyl sites for hydroxylation is 1. The molecule has 0 amide bonds. The maximum atomic E-state index is 14.3. The zero-order valence-corrected chi connectivity index (χ0v) is 15.8. The summed E-state index contributed by atoms with van der Waals surface area (Å²) in [5.41, 5.74) is 2.59. The van der Waals surface area contributed by atoms with Crippen molar-refractivity contribution >= 4 is 34.0 Å². The number of rotatable bonds is 4. The van der Waals surface area contributed by atoms with Gasteiger partial charge in [0, 0.05) is 28.5 Å². The van der Waals surface area contributed by atoms with E-state index in [1.54, 1.807) is 24.5 Å². The van der Waals surface area contributed by atoms with Crippen molar-refractivity contribution in [3.63, 3.8) is 0 Å². The number of aromatic nitrogens is 2. The largest absolute Gasteiger partial charge is 0.322 e. The van der Waals surface area contributed by atoms with Crippen molar-refractivity contribution in [1.29, 1.82) is 0 Å². The van der Waals surface area contributed by atoms with Gasteiger partial charge in [0.2, 0.25) is 0 Å². The number of anilines is 2. The van der Waals surface area contributed by atoms with Crippen LogP contribution in [0, 0.1) is 18.6 Å². The second-order valence-electron chi connectivity index (χ2n) is 6.43. The summed E-state index contributed by atoms with van der Waals surface area (Å²) in [6.07, 6.45) is 3.27. The predicted octanol–water partition coefficient (Wildman–Crippen LogP) is 6.21. The monoisotopic (exact) mass is 395 g/mol. The van der Waals surface area contributed by atoms with E-state index in [0.29, 0.717) is 17.0 Å². The Morgan fingerprint density at radius 2 is 1.86 bits per heavy atom. The highest BCUT2D eigenvalue weighted by atomic mass is 35.5. The first-order chi connectivity index (χ1) is 13.5. The highest BCUT2D eigenvalue weighted by Crippen LogP contribution is 2.31. The van der Waals surface area contributed by atoms with Crippen molar-refractivity contribution in [3.8, 4) is 0 Å². The normalized spacial score (nSPS) is 11.0. The SMILES string of the molecule is Cc1cnc2c(F)c(F)ccc2c1CN(c1cccc(Cl)c1)c1ccccn1. The lowest BCUT2D eigenvalue weighted by molar-refractivity contribution is 0.515. The Morgan fingerprint density at radius 3 is 2.61 bits per heavy atom. The maximum absolute atomic E-state index is 14.3. The molecule has 0 bridgehead atoms. The lowest BCUT2D eigenvalue weighted by atomic mass is 10.0. The topological polar surface area (TPSA) is 29.0 Å². The standard InChI is InChI=1S/C22H16ClF2N3/c1-14-12-27-22-17(8-9-19(24)21(22)25)18(14)13-28(20-7-2-3-10-26-20)16-6-4-5-15(23)11-16/h2-12H,13H2,1H3. The highest BCUT2D eigenvalue weighted by molar-refractivity contribution is 6.30. The lowest BCUT2D eigenvalue weighted by Crippen LogP contribution is -2.18. The van der Waals surface area contributed by atoms with E-state index in [2.05, 4.69) is 9.97 Å². The van der Waals surface area contributed by atoms with E-state index in [9.17, 15) is 8.78 Å². The number of pyridine rings is 2. The number of halogens is 3. The summed E-state index contributed by atoms with van der Waals surface area (Å²) in [6, 6.07) is 15.8. The molecule has 2 aromatic heterocycles. The van der Waals surface area contributed by atoms with Gasteiger partial charge in [-0.2, -0.15) is 0 Å². The maximum Gasteiger partial charge on any atom is 0.184 e. The van der Waals surface area contributed by atoms with E-state index in [1.807, 2.05) is 48.2 Å². The Bertz CT molecular complexity index is 1150. The molecule has 0 aliphatic rings. The summed E-state index contributed by atoms with van der Waals surface area (Å²) in [6.45, 7) is 2.30. The first-order valence-electron chi connectivity index (χ1n) is 8.71. The van der Waals surface area contributed by atoms with Gasteiger partial charge in [0.15, 0.2) is 11.6 Å². The Hall–Kier alpha value is -3.05. The van der Waals surface area contributed by atoms with Crippen LogP contribution < -0.4 is 4.90 Å². The van der Waals surface area contributed by atoms with Gasteiger partial charge in [0.1, 0.15) is 11.3 Å². The van der Waals surface area contributed by atoms with Crippen LogP contribution in [-0.2, 0) is 6.54 Å². The number of fused-ring (bicyclic) bond motifs is 1. The van der Waals surface area contributed by atoms with E-state index >= 15 is 0 Å². The molecule has 0 saturated heterocycles. The average molecular weight is 396 g/mol. The molecule has 0 spiro atoms. The molecule has 2 aromatic carbocycles. The van der Waals surface area contributed by atoms with Gasteiger partial charge in [-0.05, 0) is 60.5 Å². The number of hydrogen-bond donors (Lipinski definition) is 0. The fraction of sp³-hybridized carbons (Fsp3) is 0.0909. The van der Waals surface area contributed by atoms with Crippen LogP contribution >= 0.6 is 11.6 Å². The first kappa shape index (κ1) is 18.3. The molecule has 6 heteroatoms.